The van der Waals surface area contributed by atoms with Crippen LogP contribution in [0.3, 0.4) is 0 Å². The fraction of sp³-hybridized carbons (Fsp3) is 0.182. The normalized spacial score (nSPS) is 10.9. The Labute approximate surface area is 173 Å². The van der Waals surface area contributed by atoms with E-state index in [-0.39, 0.29) is 12.5 Å². The summed E-state index contributed by atoms with van der Waals surface area (Å²) in [6, 6.07) is 19.1. The highest BCUT2D eigenvalue weighted by Gasteiger charge is 2.15. The molecule has 0 saturated carbocycles. The van der Waals surface area contributed by atoms with Gasteiger partial charge in [0.2, 0.25) is 11.9 Å². The Morgan fingerprint density at radius 3 is 2.50 bits per heavy atom. The van der Waals surface area contributed by atoms with Gasteiger partial charge in [-0.2, -0.15) is 0 Å². The number of carbonyl (C=O) groups is 1. The molecule has 2 N–H and O–H groups in total. The molecular weight excluding hydrogens is 380 g/mol. The van der Waals surface area contributed by atoms with E-state index in [1.807, 2.05) is 68.4 Å². The summed E-state index contributed by atoms with van der Waals surface area (Å²) in [6.45, 7) is 4.06. The van der Waals surface area contributed by atoms with Crippen molar-refractivity contribution >= 4 is 23.2 Å². The van der Waals surface area contributed by atoms with Crippen LogP contribution in [-0.4, -0.2) is 25.1 Å². The maximum atomic E-state index is 12.9. The SMILES string of the molecule is Cc1ccc(Nc2nc(C)cc3nn(CC(=O)NCc4ccccc4)c(=O)n23)cc1. The van der Waals surface area contributed by atoms with E-state index in [1.54, 1.807) is 6.07 Å². The average molecular weight is 402 g/mol. The topological polar surface area (TPSA) is 93.3 Å². The van der Waals surface area contributed by atoms with Gasteiger partial charge in [-0.1, -0.05) is 48.0 Å². The minimum absolute atomic E-state index is 0.170. The fourth-order valence-corrected chi connectivity index (χ4v) is 3.09. The third-order valence-corrected chi connectivity index (χ3v) is 4.63. The van der Waals surface area contributed by atoms with Gasteiger partial charge in [-0.3, -0.25) is 4.79 Å². The van der Waals surface area contributed by atoms with Crippen LogP contribution in [0.5, 0.6) is 0 Å². The molecule has 4 rings (SSSR count). The Morgan fingerprint density at radius 2 is 1.77 bits per heavy atom. The summed E-state index contributed by atoms with van der Waals surface area (Å²) >= 11 is 0. The molecule has 0 fully saturated rings. The standard InChI is InChI=1S/C22H22N6O2/c1-15-8-10-18(11-9-15)25-21-24-16(2)12-19-26-27(22(30)28(19)21)14-20(29)23-13-17-6-4-3-5-7-17/h3-12H,13-14H2,1-2H3,(H,23,29)(H,24,25). The molecule has 0 saturated heterocycles. The number of benzene rings is 2. The number of hydrogen-bond donors (Lipinski definition) is 2. The Balaban J connectivity index is 1.57. The van der Waals surface area contributed by atoms with Crippen molar-refractivity contribution in [1.82, 2.24) is 24.5 Å². The molecule has 0 bridgehead atoms. The number of rotatable bonds is 6. The Hall–Kier alpha value is -3.94. The molecular formula is C22H22N6O2. The van der Waals surface area contributed by atoms with E-state index in [2.05, 4.69) is 20.7 Å². The van der Waals surface area contributed by atoms with E-state index in [4.69, 9.17) is 0 Å². The molecule has 0 radical (unpaired) electrons. The second kappa shape index (κ2) is 8.20. The van der Waals surface area contributed by atoms with Gasteiger partial charge in [0.05, 0.1) is 0 Å². The quantitative estimate of drug-likeness (QED) is 0.517. The number of amides is 1. The van der Waals surface area contributed by atoms with Crippen LogP contribution in [0.15, 0.2) is 65.5 Å². The molecule has 8 nitrogen and oxygen atoms in total. The first-order valence-electron chi connectivity index (χ1n) is 9.61. The number of aromatic nitrogens is 4. The first-order valence-corrected chi connectivity index (χ1v) is 9.61. The molecule has 0 aliphatic rings. The number of nitrogens with one attached hydrogen (secondary N) is 2. The van der Waals surface area contributed by atoms with Crippen LogP contribution in [0, 0.1) is 13.8 Å². The lowest BCUT2D eigenvalue weighted by atomic mass is 10.2. The third-order valence-electron chi connectivity index (χ3n) is 4.63. The highest BCUT2D eigenvalue weighted by molar-refractivity contribution is 5.75. The number of aryl methyl sites for hydroxylation is 2. The predicted octanol–water partition coefficient (Wildman–Crippen LogP) is 2.57. The second-order valence-corrected chi connectivity index (χ2v) is 7.11. The zero-order valence-electron chi connectivity index (χ0n) is 16.8. The summed E-state index contributed by atoms with van der Waals surface area (Å²) in [4.78, 5) is 29.7. The number of nitrogens with zero attached hydrogens (tertiary/aromatic N) is 4. The van der Waals surface area contributed by atoms with E-state index in [1.165, 1.54) is 4.40 Å². The fourth-order valence-electron chi connectivity index (χ4n) is 3.09. The summed E-state index contributed by atoms with van der Waals surface area (Å²) in [5.41, 5.74) is 3.63. The van der Waals surface area contributed by atoms with Gasteiger partial charge < -0.3 is 10.6 Å². The summed E-state index contributed by atoms with van der Waals surface area (Å²) in [5.74, 6) is 0.0666. The first kappa shape index (κ1) is 19.4. The summed E-state index contributed by atoms with van der Waals surface area (Å²) in [5, 5.41) is 10.3. The van der Waals surface area contributed by atoms with E-state index in [9.17, 15) is 9.59 Å². The average Bonchev–Trinajstić information content (AvgIpc) is 3.04. The van der Waals surface area contributed by atoms with E-state index in [0.29, 0.717) is 23.8 Å². The highest BCUT2D eigenvalue weighted by atomic mass is 16.2. The first-order chi connectivity index (χ1) is 14.5. The molecule has 0 atom stereocenters. The highest BCUT2D eigenvalue weighted by Crippen LogP contribution is 2.16. The molecule has 2 heterocycles. The summed E-state index contributed by atoms with van der Waals surface area (Å²) < 4.78 is 2.52. The number of carbonyl (C=O) groups excluding carboxylic acids is 1. The second-order valence-electron chi connectivity index (χ2n) is 7.11. The van der Waals surface area contributed by atoms with Gasteiger partial charge >= 0.3 is 5.69 Å². The Morgan fingerprint density at radius 1 is 1.03 bits per heavy atom. The molecule has 0 spiro atoms. The van der Waals surface area contributed by atoms with Crippen molar-refractivity contribution in [2.24, 2.45) is 0 Å². The van der Waals surface area contributed by atoms with Crippen LogP contribution in [0.4, 0.5) is 11.6 Å². The molecule has 0 unspecified atom stereocenters. The molecule has 8 heteroatoms. The van der Waals surface area contributed by atoms with Crippen LogP contribution < -0.4 is 16.3 Å². The lowest BCUT2D eigenvalue weighted by Crippen LogP contribution is -2.32. The van der Waals surface area contributed by atoms with Crippen LogP contribution in [0.2, 0.25) is 0 Å². The van der Waals surface area contributed by atoms with Crippen LogP contribution in [-0.2, 0) is 17.9 Å². The van der Waals surface area contributed by atoms with Crippen molar-refractivity contribution in [3.05, 3.63) is 88.0 Å². The smallest absolute Gasteiger partial charge is 0.350 e. The lowest BCUT2D eigenvalue weighted by molar-refractivity contribution is -0.122. The van der Waals surface area contributed by atoms with E-state index < -0.39 is 5.69 Å². The molecule has 152 valence electrons. The van der Waals surface area contributed by atoms with Crippen LogP contribution in [0.25, 0.3) is 5.65 Å². The molecule has 0 aliphatic carbocycles. The minimum atomic E-state index is -0.429. The van der Waals surface area contributed by atoms with Crippen molar-refractivity contribution in [3.63, 3.8) is 0 Å². The van der Waals surface area contributed by atoms with Crippen molar-refractivity contribution in [2.75, 3.05) is 5.32 Å². The third kappa shape index (κ3) is 4.22. The number of hydrogen-bond acceptors (Lipinski definition) is 5. The maximum absolute atomic E-state index is 12.9. The molecule has 30 heavy (non-hydrogen) atoms. The molecule has 2 aromatic carbocycles. The molecule has 0 aliphatic heterocycles. The van der Waals surface area contributed by atoms with Gasteiger partial charge in [-0.25, -0.2) is 18.9 Å². The maximum Gasteiger partial charge on any atom is 0.353 e. The van der Waals surface area contributed by atoms with Crippen molar-refractivity contribution in [3.8, 4) is 0 Å². The summed E-state index contributed by atoms with van der Waals surface area (Å²) in [7, 11) is 0. The van der Waals surface area contributed by atoms with Gasteiger partial charge in [0.15, 0.2) is 5.65 Å². The Bertz CT molecular complexity index is 1240. The summed E-state index contributed by atoms with van der Waals surface area (Å²) in [6.07, 6.45) is 0. The zero-order chi connectivity index (χ0) is 21.1. The van der Waals surface area contributed by atoms with Crippen LogP contribution >= 0.6 is 0 Å². The molecule has 2 aromatic heterocycles. The predicted molar refractivity (Wildman–Crippen MR) is 115 cm³/mol. The van der Waals surface area contributed by atoms with Gasteiger partial charge in [0, 0.05) is 24.0 Å². The number of anilines is 2. The number of fused-ring (bicyclic) bond motifs is 1. The van der Waals surface area contributed by atoms with E-state index >= 15 is 0 Å². The largest absolute Gasteiger partial charge is 0.353 e. The molecule has 1 amide bonds. The van der Waals surface area contributed by atoms with E-state index in [0.717, 1.165) is 21.5 Å². The van der Waals surface area contributed by atoms with Gasteiger partial charge in [0.1, 0.15) is 6.54 Å². The van der Waals surface area contributed by atoms with Gasteiger partial charge in [-0.05, 0) is 31.5 Å². The van der Waals surface area contributed by atoms with Crippen molar-refractivity contribution in [2.45, 2.75) is 26.9 Å². The van der Waals surface area contributed by atoms with Crippen LogP contribution in [0.1, 0.15) is 16.8 Å². The zero-order valence-corrected chi connectivity index (χ0v) is 16.8. The minimum Gasteiger partial charge on any atom is -0.350 e. The van der Waals surface area contributed by atoms with Crippen molar-refractivity contribution in [1.29, 1.82) is 0 Å². The molecule has 4 aromatic rings. The monoisotopic (exact) mass is 402 g/mol. The lowest BCUT2D eigenvalue weighted by Gasteiger charge is -2.08. The van der Waals surface area contributed by atoms with Crippen molar-refractivity contribution < 1.29 is 4.79 Å². The van der Waals surface area contributed by atoms with Gasteiger partial charge in [0.25, 0.3) is 0 Å². The Kier molecular flexibility index (Phi) is 5.30. The van der Waals surface area contributed by atoms with Gasteiger partial charge in [-0.15, -0.1) is 5.10 Å².